The Morgan fingerprint density at radius 3 is 2.64 bits per heavy atom. The summed E-state index contributed by atoms with van der Waals surface area (Å²) in [5, 5.41) is 24.2. The Morgan fingerprint density at radius 1 is 1.28 bits per heavy atom. The van der Waals surface area contributed by atoms with E-state index >= 15 is 0 Å². The molecule has 0 atom stereocenters. The maximum Gasteiger partial charge on any atom is 0.267 e. The first-order chi connectivity index (χ1) is 12.0. The van der Waals surface area contributed by atoms with Crippen molar-refractivity contribution >= 4 is 28.9 Å². The third-order valence-corrected chi connectivity index (χ3v) is 3.69. The Hall–Kier alpha value is -3.17. The van der Waals surface area contributed by atoms with E-state index in [0.717, 1.165) is 5.56 Å². The van der Waals surface area contributed by atoms with E-state index in [9.17, 15) is 9.90 Å². The first kappa shape index (κ1) is 18.2. The van der Waals surface area contributed by atoms with Crippen molar-refractivity contribution in [3.05, 3.63) is 64.8 Å². The number of nitrogens with two attached hydrogens (primary N) is 1. The van der Waals surface area contributed by atoms with E-state index in [-0.39, 0.29) is 11.3 Å². The molecule has 2 rings (SSSR count). The van der Waals surface area contributed by atoms with E-state index in [1.807, 2.05) is 18.2 Å². The van der Waals surface area contributed by atoms with Crippen LogP contribution in [-0.4, -0.2) is 17.6 Å². The van der Waals surface area contributed by atoms with Gasteiger partial charge in [0.2, 0.25) is 0 Å². The van der Waals surface area contributed by atoms with Crippen LogP contribution in [0, 0.1) is 11.3 Å². The number of amides is 1. The molecule has 0 saturated heterocycles. The molecule has 5 N–H and O–H groups in total. The van der Waals surface area contributed by atoms with Crippen molar-refractivity contribution in [2.24, 2.45) is 0 Å². The van der Waals surface area contributed by atoms with Crippen LogP contribution in [0.3, 0.4) is 0 Å². The van der Waals surface area contributed by atoms with Crippen LogP contribution in [0.1, 0.15) is 5.56 Å². The largest absolute Gasteiger partial charge is 0.508 e. The van der Waals surface area contributed by atoms with Crippen molar-refractivity contribution in [3.8, 4) is 11.8 Å². The standard InChI is InChI=1S/C18H17ClN4O2/c19-16-9-14(3-6-17(16)21)23-18(25)13(10-20)11-22-8-7-12-1-4-15(24)5-2-12/h1-6,9,11,22,24H,7-8,21H2,(H,23,25)/b13-11-. The lowest BCUT2D eigenvalue weighted by Crippen LogP contribution is -2.18. The lowest BCUT2D eigenvalue weighted by Gasteiger charge is -2.07. The highest BCUT2D eigenvalue weighted by Crippen LogP contribution is 2.22. The van der Waals surface area contributed by atoms with Crippen LogP contribution in [0.4, 0.5) is 11.4 Å². The molecule has 0 aliphatic rings. The van der Waals surface area contributed by atoms with Crippen molar-refractivity contribution in [2.75, 3.05) is 17.6 Å². The molecular formula is C18H17ClN4O2. The number of nitrogen functional groups attached to an aromatic ring is 1. The van der Waals surface area contributed by atoms with E-state index in [1.54, 1.807) is 24.3 Å². The fourth-order valence-electron chi connectivity index (χ4n) is 2.01. The molecule has 25 heavy (non-hydrogen) atoms. The number of nitrogens with one attached hydrogen (secondary N) is 2. The normalized spacial score (nSPS) is 10.8. The van der Waals surface area contributed by atoms with Gasteiger partial charge in [-0.15, -0.1) is 0 Å². The maximum absolute atomic E-state index is 12.1. The summed E-state index contributed by atoms with van der Waals surface area (Å²) in [4.78, 5) is 12.1. The fraction of sp³-hybridized carbons (Fsp3) is 0.111. The number of benzene rings is 2. The molecule has 0 aliphatic heterocycles. The summed E-state index contributed by atoms with van der Waals surface area (Å²) in [5.41, 5.74) is 7.44. The summed E-state index contributed by atoms with van der Waals surface area (Å²) >= 11 is 5.90. The van der Waals surface area contributed by atoms with Gasteiger partial charge in [0.05, 0.1) is 10.7 Å². The van der Waals surface area contributed by atoms with Crippen LogP contribution in [-0.2, 0) is 11.2 Å². The van der Waals surface area contributed by atoms with E-state index < -0.39 is 5.91 Å². The van der Waals surface area contributed by atoms with Gasteiger partial charge in [0.25, 0.3) is 5.91 Å². The van der Waals surface area contributed by atoms with E-state index in [4.69, 9.17) is 22.6 Å². The van der Waals surface area contributed by atoms with Crippen LogP contribution in [0.5, 0.6) is 5.75 Å². The molecule has 7 heteroatoms. The third kappa shape index (κ3) is 5.44. The highest BCUT2D eigenvalue weighted by atomic mass is 35.5. The number of anilines is 2. The Kier molecular flexibility index (Phi) is 6.26. The second kappa shape index (κ2) is 8.62. The van der Waals surface area contributed by atoms with E-state index in [2.05, 4.69) is 10.6 Å². The SMILES string of the molecule is N#C/C(=C/NCCc1ccc(O)cc1)C(=O)Nc1ccc(N)c(Cl)c1. The number of nitrogens with zero attached hydrogens (tertiary/aromatic N) is 1. The minimum Gasteiger partial charge on any atom is -0.508 e. The molecule has 0 heterocycles. The summed E-state index contributed by atoms with van der Waals surface area (Å²) in [5.74, 6) is -0.330. The first-order valence-corrected chi connectivity index (χ1v) is 7.85. The average molecular weight is 357 g/mol. The summed E-state index contributed by atoms with van der Waals surface area (Å²) < 4.78 is 0. The molecular weight excluding hydrogens is 340 g/mol. The molecule has 0 unspecified atom stereocenters. The van der Waals surface area contributed by atoms with Crippen LogP contribution in [0.25, 0.3) is 0 Å². The van der Waals surface area contributed by atoms with Crippen molar-refractivity contribution in [1.29, 1.82) is 5.26 Å². The van der Waals surface area contributed by atoms with Gasteiger partial charge in [-0.05, 0) is 42.3 Å². The van der Waals surface area contributed by atoms with E-state index in [1.165, 1.54) is 12.3 Å². The Morgan fingerprint density at radius 2 is 2.00 bits per heavy atom. The third-order valence-electron chi connectivity index (χ3n) is 3.36. The fourth-order valence-corrected chi connectivity index (χ4v) is 2.19. The average Bonchev–Trinajstić information content (AvgIpc) is 2.59. The predicted octanol–water partition coefficient (Wildman–Crippen LogP) is 2.81. The number of nitriles is 1. The number of carbonyl (C=O) groups is 1. The number of halogens is 1. The van der Waals surface area contributed by atoms with Gasteiger partial charge in [0.1, 0.15) is 17.4 Å². The molecule has 6 nitrogen and oxygen atoms in total. The number of phenols is 1. The van der Waals surface area contributed by atoms with Crippen LogP contribution in [0.2, 0.25) is 5.02 Å². The van der Waals surface area contributed by atoms with Crippen molar-refractivity contribution in [2.45, 2.75) is 6.42 Å². The lowest BCUT2D eigenvalue weighted by molar-refractivity contribution is -0.112. The molecule has 0 aromatic heterocycles. The maximum atomic E-state index is 12.1. The topological polar surface area (TPSA) is 111 Å². The minimum absolute atomic E-state index is 0.0568. The van der Waals surface area contributed by atoms with Gasteiger partial charge >= 0.3 is 0 Å². The lowest BCUT2D eigenvalue weighted by atomic mass is 10.1. The second-order valence-corrected chi connectivity index (χ2v) is 5.64. The number of rotatable bonds is 6. The van der Waals surface area contributed by atoms with Gasteiger partial charge < -0.3 is 21.5 Å². The first-order valence-electron chi connectivity index (χ1n) is 7.47. The molecule has 2 aromatic rings. The zero-order chi connectivity index (χ0) is 18.2. The van der Waals surface area contributed by atoms with Crippen LogP contribution >= 0.6 is 11.6 Å². The molecule has 0 spiro atoms. The van der Waals surface area contributed by atoms with Gasteiger partial charge in [-0.2, -0.15) is 5.26 Å². The Balaban J connectivity index is 1.90. The number of phenolic OH excluding ortho intramolecular Hbond substituents is 1. The number of hydrogen-bond acceptors (Lipinski definition) is 5. The smallest absolute Gasteiger partial charge is 0.267 e. The number of hydrogen-bond donors (Lipinski definition) is 4. The van der Waals surface area contributed by atoms with Gasteiger partial charge in [-0.25, -0.2) is 0 Å². The van der Waals surface area contributed by atoms with Gasteiger partial charge in [0.15, 0.2) is 0 Å². The molecule has 0 aliphatic carbocycles. The highest BCUT2D eigenvalue weighted by Gasteiger charge is 2.10. The second-order valence-electron chi connectivity index (χ2n) is 5.23. The molecule has 128 valence electrons. The summed E-state index contributed by atoms with van der Waals surface area (Å²) in [6, 6.07) is 13.4. The zero-order valence-corrected chi connectivity index (χ0v) is 14.0. The number of carbonyl (C=O) groups excluding carboxylic acids is 1. The Bertz CT molecular complexity index is 826. The van der Waals surface area contributed by atoms with Crippen molar-refractivity contribution in [1.82, 2.24) is 5.32 Å². The molecule has 2 aromatic carbocycles. The van der Waals surface area contributed by atoms with Gasteiger partial charge in [-0.3, -0.25) is 4.79 Å². The molecule has 0 bridgehead atoms. The predicted molar refractivity (Wildman–Crippen MR) is 98.0 cm³/mol. The van der Waals surface area contributed by atoms with Crippen molar-refractivity contribution < 1.29 is 9.90 Å². The summed E-state index contributed by atoms with van der Waals surface area (Å²) in [6.07, 6.45) is 2.05. The van der Waals surface area contributed by atoms with Crippen LogP contribution < -0.4 is 16.4 Å². The van der Waals surface area contributed by atoms with Gasteiger partial charge in [-0.1, -0.05) is 23.7 Å². The van der Waals surface area contributed by atoms with Crippen molar-refractivity contribution in [3.63, 3.8) is 0 Å². The zero-order valence-electron chi connectivity index (χ0n) is 13.3. The molecule has 1 amide bonds. The monoisotopic (exact) mass is 356 g/mol. The molecule has 0 radical (unpaired) electrons. The highest BCUT2D eigenvalue weighted by molar-refractivity contribution is 6.33. The molecule has 0 fully saturated rings. The van der Waals surface area contributed by atoms with Gasteiger partial charge in [0, 0.05) is 18.4 Å². The summed E-state index contributed by atoms with van der Waals surface area (Å²) in [6.45, 7) is 0.539. The van der Waals surface area contributed by atoms with E-state index in [0.29, 0.717) is 29.4 Å². The Labute approximate surface area is 150 Å². The van der Waals surface area contributed by atoms with Crippen LogP contribution in [0.15, 0.2) is 54.2 Å². The number of aromatic hydroxyl groups is 1. The quantitative estimate of drug-likeness (QED) is 0.275. The summed E-state index contributed by atoms with van der Waals surface area (Å²) in [7, 11) is 0. The molecule has 0 saturated carbocycles. The minimum atomic E-state index is -0.541.